The average Bonchev–Trinajstić information content (AvgIpc) is 3.16. The summed E-state index contributed by atoms with van der Waals surface area (Å²) >= 11 is 0. The second-order valence-corrected chi connectivity index (χ2v) is 6.54. The van der Waals surface area contributed by atoms with E-state index in [1.54, 1.807) is 19.2 Å². The number of anilines is 1. The second kappa shape index (κ2) is 8.67. The van der Waals surface area contributed by atoms with Gasteiger partial charge in [0.15, 0.2) is 0 Å². The molecule has 0 saturated carbocycles. The Morgan fingerprint density at radius 2 is 1.88 bits per heavy atom. The lowest BCUT2D eigenvalue weighted by atomic mass is 10.1. The first kappa shape index (κ1) is 17.5. The van der Waals surface area contributed by atoms with Crippen molar-refractivity contribution in [3.8, 4) is 5.75 Å². The van der Waals surface area contributed by atoms with Crippen LogP contribution in [0, 0.1) is 0 Å². The van der Waals surface area contributed by atoms with Gasteiger partial charge in [0.2, 0.25) is 0 Å². The number of carbonyl (C=O) groups excluding carboxylic acids is 1. The van der Waals surface area contributed by atoms with Crippen LogP contribution in [0.5, 0.6) is 5.75 Å². The molecule has 1 heterocycles. The smallest absolute Gasteiger partial charge is 0.255 e. The number of amides is 1. The molecule has 1 N–H and O–H groups in total. The van der Waals surface area contributed by atoms with E-state index in [2.05, 4.69) is 22.3 Å². The lowest BCUT2D eigenvalue weighted by Gasteiger charge is -2.14. The van der Waals surface area contributed by atoms with Crippen molar-refractivity contribution in [3.63, 3.8) is 0 Å². The van der Waals surface area contributed by atoms with Crippen LogP contribution in [0.3, 0.4) is 0 Å². The van der Waals surface area contributed by atoms with Gasteiger partial charge in [-0.25, -0.2) is 0 Å². The first-order valence-corrected chi connectivity index (χ1v) is 9.01. The summed E-state index contributed by atoms with van der Waals surface area (Å²) in [6.45, 7) is 3.71. The third-order valence-corrected chi connectivity index (χ3v) is 4.68. The topological polar surface area (TPSA) is 41.6 Å². The van der Waals surface area contributed by atoms with Crippen LogP contribution in [0.2, 0.25) is 0 Å². The van der Waals surface area contributed by atoms with Crippen molar-refractivity contribution < 1.29 is 9.53 Å². The number of rotatable bonds is 7. The molecule has 1 saturated heterocycles. The number of carbonyl (C=O) groups is 1. The van der Waals surface area contributed by atoms with E-state index in [1.165, 1.54) is 44.5 Å². The van der Waals surface area contributed by atoms with Gasteiger partial charge in [-0.2, -0.15) is 0 Å². The highest BCUT2D eigenvalue weighted by Crippen LogP contribution is 2.16. The van der Waals surface area contributed by atoms with Gasteiger partial charge in [0.1, 0.15) is 5.75 Å². The Labute approximate surface area is 149 Å². The zero-order valence-corrected chi connectivity index (χ0v) is 14.8. The van der Waals surface area contributed by atoms with Crippen LogP contribution in [0.15, 0.2) is 48.5 Å². The molecule has 1 fully saturated rings. The van der Waals surface area contributed by atoms with Crippen molar-refractivity contribution >= 4 is 11.6 Å². The maximum Gasteiger partial charge on any atom is 0.255 e. The molecule has 0 spiro atoms. The van der Waals surface area contributed by atoms with E-state index in [-0.39, 0.29) is 5.91 Å². The molecule has 132 valence electrons. The molecule has 4 nitrogen and oxygen atoms in total. The minimum Gasteiger partial charge on any atom is -0.497 e. The molecule has 1 aliphatic rings. The fourth-order valence-corrected chi connectivity index (χ4v) is 3.24. The van der Waals surface area contributed by atoms with Gasteiger partial charge in [-0.1, -0.05) is 18.2 Å². The quantitative estimate of drug-likeness (QED) is 0.830. The summed E-state index contributed by atoms with van der Waals surface area (Å²) in [5.74, 6) is 0.557. The number of aryl methyl sites for hydroxylation is 1. The minimum atomic E-state index is -0.124. The zero-order chi connectivity index (χ0) is 17.5. The van der Waals surface area contributed by atoms with Crippen molar-refractivity contribution in [2.24, 2.45) is 0 Å². The molecule has 2 aromatic carbocycles. The van der Waals surface area contributed by atoms with Crippen molar-refractivity contribution in [3.05, 3.63) is 59.7 Å². The van der Waals surface area contributed by atoms with Crippen LogP contribution in [0.1, 0.15) is 35.2 Å². The first-order valence-electron chi connectivity index (χ1n) is 9.01. The highest BCUT2D eigenvalue weighted by atomic mass is 16.5. The fourth-order valence-electron chi connectivity index (χ4n) is 3.24. The predicted octanol–water partition coefficient (Wildman–Crippen LogP) is 3.98. The Morgan fingerprint density at radius 1 is 1.12 bits per heavy atom. The van der Waals surface area contributed by atoms with Gasteiger partial charge in [-0.3, -0.25) is 4.79 Å². The summed E-state index contributed by atoms with van der Waals surface area (Å²) in [6, 6.07) is 15.3. The lowest BCUT2D eigenvalue weighted by molar-refractivity contribution is 0.102. The summed E-state index contributed by atoms with van der Waals surface area (Å²) in [6.07, 6.45) is 4.97. The molecule has 3 rings (SSSR count). The van der Waals surface area contributed by atoms with Crippen LogP contribution < -0.4 is 10.1 Å². The Morgan fingerprint density at radius 3 is 2.60 bits per heavy atom. The van der Waals surface area contributed by atoms with Crippen molar-refractivity contribution in [1.29, 1.82) is 0 Å². The highest BCUT2D eigenvalue weighted by molar-refractivity contribution is 6.04. The largest absolute Gasteiger partial charge is 0.497 e. The van der Waals surface area contributed by atoms with E-state index in [0.717, 1.165) is 12.1 Å². The van der Waals surface area contributed by atoms with E-state index in [9.17, 15) is 4.79 Å². The standard InChI is InChI=1S/C21H26N2O2/c1-25-20-8-4-7-18(16-20)21(24)22-19-11-9-17(10-12-19)6-5-15-23-13-2-3-14-23/h4,7-12,16H,2-3,5-6,13-15H2,1H3,(H,22,24). The Bertz CT molecular complexity index is 691. The van der Waals surface area contributed by atoms with E-state index in [0.29, 0.717) is 11.3 Å². The molecule has 0 atom stereocenters. The predicted molar refractivity (Wildman–Crippen MR) is 101 cm³/mol. The molecule has 0 radical (unpaired) electrons. The maximum atomic E-state index is 12.3. The van der Waals surface area contributed by atoms with Crippen LogP contribution in [-0.2, 0) is 6.42 Å². The number of methoxy groups -OCH3 is 1. The number of nitrogens with one attached hydrogen (secondary N) is 1. The Hall–Kier alpha value is -2.33. The van der Waals surface area contributed by atoms with E-state index in [1.807, 2.05) is 24.3 Å². The Balaban J connectivity index is 1.50. The van der Waals surface area contributed by atoms with Crippen molar-refractivity contribution in [2.45, 2.75) is 25.7 Å². The summed E-state index contributed by atoms with van der Waals surface area (Å²) in [5.41, 5.74) is 2.73. The molecule has 1 amide bonds. The molecule has 1 aliphatic heterocycles. The van der Waals surface area contributed by atoms with E-state index >= 15 is 0 Å². The molecule has 0 aromatic heterocycles. The highest BCUT2D eigenvalue weighted by Gasteiger charge is 2.10. The number of nitrogens with zero attached hydrogens (tertiary/aromatic N) is 1. The van der Waals surface area contributed by atoms with E-state index in [4.69, 9.17) is 4.74 Å². The molecule has 25 heavy (non-hydrogen) atoms. The molecule has 0 aliphatic carbocycles. The molecule has 0 bridgehead atoms. The van der Waals surface area contributed by atoms with E-state index < -0.39 is 0 Å². The number of benzene rings is 2. The van der Waals surface area contributed by atoms with Gasteiger partial charge in [-0.05, 0) is 81.2 Å². The third-order valence-electron chi connectivity index (χ3n) is 4.68. The molecular weight excluding hydrogens is 312 g/mol. The maximum absolute atomic E-state index is 12.3. The molecule has 2 aromatic rings. The zero-order valence-electron chi connectivity index (χ0n) is 14.8. The summed E-state index contributed by atoms with van der Waals surface area (Å²) in [4.78, 5) is 14.9. The monoisotopic (exact) mass is 338 g/mol. The van der Waals surface area contributed by atoms with Gasteiger partial charge in [0.05, 0.1) is 7.11 Å². The van der Waals surface area contributed by atoms with Crippen molar-refractivity contribution in [2.75, 3.05) is 32.1 Å². The fraction of sp³-hybridized carbons (Fsp3) is 0.381. The number of hydrogen-bond acceptors (Lipinski definition) is 3. The minimum absolute atomic E-state index is 0.124. The van der Waals surface area contributed by atoms with Crippen LogP contribution in [0.4, 0.5) is 5.69 Å². The molecular formula is C21H26N2O2. The van der Waals surface area contributed by atoms with Gasteiger partial charge >= 0.3 is 0 Å². The normalized spacial score (nSPS) is 14.4. The first-order chi connectivity index (χ1) is 12.2. The summed E-state index contributed by atoms with van der Waals surface area (Å²) in [7, 11) is 1.60. The number of likely N-dealkylation sites (tertiary alicyclic amines) is 1. The number of hydrogen-bond donors (Lipinski definition) is 1. The lowest BCUT2D eigenvalue weighted by Crippen LogP contribution is -2.20. The van der Waals surface area contributed by atoms with Gasteiger partial charge in [-0.15, -0.1) is 0 Å². The van der Waals surface area contributed by atoms with Gasteiger partial charge in [0, 0.05) is 11.3 Å². The second-order valence-electron chi connectivity index (χ2n) is 6.54. The van der Waals surface area contributed by atoms with Gasteiger partial charge < -0.3 is 15.0 Å². The van der Waals surface area contributed by atoms with Crippen LogP contribution >= 0.6 is 0 Å². The SMILES string of the molecule is COc1cccc(C(=O)Nc2ccc(CCCN3CCCC3)cc2)c1. The van der Waals surface area contributed by atoms with Gasteiger partial charge in [0.25, 0.3) is 5.91 Å². The third kappa shape index (κ3) is 5.07. The van der Waals surface area contributed by atoms with Crippen molar-refractivity contribution in [1.82, 2.24) is 4.90 Å². The summed E-state index contributed by atoms with van der Waals surface area (Å²) < 4.78 is 5.16. The summed E-state index contributed by atoms with van der Waals surface area (Å²) in [5, 5.41) is 2.93. The molecule has 4 heteroatoms. The van der Waals surface area contributed by atoms with Crippen LogP contribution in [-0.4, -0.2) is 37.6 Å². The van der Waals surface area contributed by atoms with Crippen LogP contribution in [0.25, 0.3) is 0 Å². The Kier molecular flexibility index (Phi) is 6.07. The molecule has 0 unspecified atom stereocenters. The average molecular weight is 338 g/mol. The number of ether oxygens (including phenoxy) is 1.